The maximum atomic E-state index is 12.6. The first-order chi connectivity index (χ1) is 14.4. The molecule has 0 aliphatic carbocycles. The number of hydrogen-bond acceptors (Lipinski definition) is 2. The van der Waals surface area contributed by atoms with Crippen LogP contribution in [0.15, 0.2) is 70.7 Å². The molecule has 0 aromatic heterocycles. The van der Waals surface area contributed by atoms with Crippen LogP contribution in [0.25, 0.3) is 6.08 Å². The number of hydrogen-bond donors (Lipinski definition) is 1. The van der Waals surface area contributed by atoms with Gasteiger partial charge in [0.2, 0.25) is 0 Å². The minimum Gasteiger partial charge on any atom is -0.321 e. The van der Waals surface area contributed by atoms with Gasteiger partial charge in [-0.25, -0.2) is 0 Å². The molecule has 0 unspecified atom stereocenters. The second-order valence-electron chi connectivity index (χ2n) is 7.06. The number of carbonyl (C=O) groups excluding carboxylic acids is 1. The lowest BCUT2D eigenvalue weighted by atomic mass is 10.0. The zero-order chi connectivity index (χ0) is 21.7. The number of amides is 1. The Bertz CT molecular complexity index is 1180. The number of anilines is 1. The van der Waals surface area contributed by atoms with Gasteiger partial charge in [-0.05, 0) is 60.4 Å². The van der Waals surface area contributed by atoms with E-state index >= 15 is 0 Å². The number of nitrogens with zero attached hydrogens (tertiary/aromatic N) is 1. The van der Waals surface area contributed by atoms with Gasteiger partial charge in [-0.1, -0.05) is 75.6 Å². The highest BCUT2D eigenvalue weighted by molar-refractivity contribution is 9.10. The van der Waals surface area contributed by atoms with Crippen molar-refractivity contribution in [3.63, 3.8) is 0 Å². The van der Waals surface area contributed by atoms with Gasteiger partial charge >= 0.3 is 0 Å². The van der Waals surface area contributed by atoms with Crippen LogP contribution < -0.4 is 5.32 Å². The molecule has 3 nitrogen and oxygen atoms in total. The molecular formula is C25H20BrClN2O. The van der Waals surface area contributed by atoms with Crippen molar-refractivity contribution >= 4 is 45.2 Å². The quantitative estimate of drug-likeness (QED) is 0.321. The molecule has 0 bridgehead atoms. The van der Waals surface area contributed by atoms with Gasteiger partial charge in [0.25, 0.3) is 5.91 Å². The maximum absolute atomic E-state index is 12.6. The Hall–Kier alpha value is -2.87. The van der Waals surface area contributed by atoms with Crippen LogP contribution in [0, 0.1) is 25.2 Å². The van der Waals surface area contributed by atoms with E-state index < -0.39 is 5.91 Å². The topological polar surface area (TPSA) is 52.9 Å². The highest BCUT2D eigenvalue weighted by Crippen LogP contribution is 2.26. The molecule has 0 aliphatic rings. The first kappa shape index (κ1) is 21.8. The molecule has 3 aromatic carbocycles. The molecule has 0 saturated heterocycles. The van der Waals surface area contributed by atoms with Crippen molar-refractivity contribution in [1.29, 1.82) is 5.26 Å². The van der Waals surface area contributed by atoms with Crippen LogP contribution >= 0.6 is 27.5 Å². The van der Waals surface area contributed by atoms with Crippen LogP contribution in [0.2, 0.25) is 5.02 Å². The van der Waals surface area contributed by atoms with E-state index in [0.29, 0.717) is 12.1 Å². The molecule has 0 radical (unpaired) electrons. The molecule has 1 N–H and O–H groups in total. The van der Waals surface area contributed by atoms with Crippen molar-refractivity contribution in [1.82, 2.24) is 0 Å². The Morgan fingerprint density at radius 3 is 2.53 bits per heavy atom. The van der Waals surface area contributed by atoms with Gasteiger partial charge in [-0.15, -0.1) is 0 Å². The third-order valence-corrected chi connectivity index (χ3v) is 5.83. The van der Waals surface area contributed by atoms with Gasteiger partial charge in [0.1, 0.15) is 11.6 Å². The summed E-state index contributed by atoms with van der Waals surface area (Å²) in [6, 6.07) is 21.2. The zero-order valence-corrected chi connectivity index (χ0v) is 19.0. The Morgan fingerprint density at radius 2 is 1.87 bits per heavy atom. The number of halogens is 2. The van der Waals surface area contributed by atoms with Crippen LogP contribution in [-0.2, 0) is 11.2 Å². The lowest BCUT2D eigenvalue weighted by Crippen LogP contribution is -2.14. The van der Waals surface area contributed by atoms with Gasteiger partial charge in [0.15, 0.2) is 0 Å². The van der Waals surface area contributed by atoms with Gasteiger partial charge in [-0.2, -0.15) is 5.26 Å². The number of benzene rings is 3. The summed E-state index contributed by atoms with van der Waals surface area (Å²) >= 11 is 9.85. The molecule has 5 heteroatoms. The van der Waals surface area contributed by atoms with E-state index in [2.05, 4.69) is 21.2 Å². The Kier molecular flexibility index (Phi) is 7.10. The second kappa shape index (κ2) is 9.75. The molecule has 0 heterocycles. The first-order valence-corrected chi connectivity index (χ1v) is 10.6. The van der Waals surface area contributed by atoms with E-state index in [1.807, 2.05) is 80.6 Å². The summed E-state index contributed by atoms with van der Waals surface area (Å²) in [5.74, 6) is -0.430. The molecule has 3 aromatic rings. The Balaban J connectivity index is 1.80. The average Bonchev–Trinajstić information content (AvgIpc) is 2.71. The van der Waals surface area contributed by atoms with Crippen LogP contribution in [0.4, 0.5) is 5.69 Å². The van der Waals surface area contributed by atoms with E-state index in [1.54, 1.807) is 6.08 Å². The van der Waals surface area contributed by atoms with Crippen LogP contribution in [0.5, 0.6) is 0 Å². The van der Waals surface area contributed by atoms with Crippen LogP contribution in [-0.4, -0.2) is 5.91 Å². The Labute approximate surface area is 190 Å². The number of nitriles is 1. The minimum absolute atomic E-state index is 0.0423. The van der Waals surface area contributed by atoms with E-state index in [1.165, 1.54) is 0 Å². The minimum atomic E-state index is -0.430. The van der Waals surface area contributed by atoms with Gasteiger partial charge in [-0.3, -0.25) is 4.79 Å². The molecule has 3 rings (SSSR count). The van der Waals surface area contributed by atoms with E-state index in [4.69, 9.17) is 11.6 Å². The number of rotatable bonds is 5. The summed E-state index contributed by atoms with van der Waals surface area (Å²) < 4.78 is 0.892. The molecule has 1 amide bonds. The van der Waals surface area contributed by atoms with Gasteiger partial charge in [0.05, 0.1) is 0 Å². The molecule has 30 heavy (non-hydrogen) atoms. The summed E-state index contributed by atoms with van der Waals surface area (Å²) in [5.41, 5.74) is 5.67. The lowest BCUT2D eigenvalue weighted by Gasteiger charge is -2.09. The number of nitrogens with one attached hydrogen (secondary N) is 1. The van der Waals surface area contributed by atoms with Crippen molar-refractivity contribution < 1.29 is 4.79 Å². The standard InChI is InChI=1S/C25H20BrClN2O/c1-16-7-10-24(17(2)11-16)29-25(30)21(15-28)12-18-8-9-19(22(26)13-18)14-20-5-3-4-6-23(20)27/h3-13H,14H2,1-2H3,(H,29,30)/b21-12+. The molecule has 150 valence electrons. The van der Waals surface area contributed by atoms with Crippen molar-refractivity contribution in [2.45, 2.75) is 20.3 Å². The van der Waals surface area contributed by atoms with Crippen molar-refractivity contribution in [2.75, 3.05) is 5.32 Å². The zero-order valence-electron chi connectivity index (χ0n) is 16.7. The van der Waals surface area contributed by atoms with E-state index in [0.717, 1.165) is 37.3 Å². The van der Waals surface area contributed by atoms with Gasteiger partial charge < -0.3 is 5.32 Å². The fourth-order valence-electron chi connectivity index (χ4n) is 3.10. The van der Waals surface area contributed by atoms with Crippen LogP contribution in [0.3, 0.4) is 0 Å². The first-order valence-electron chi connectivity index (χ1n) is 9.39. The molecule has 0 atom stereocenters. The third-order valence-electron chi connectivity index (χ3n) is 4.72. The Morgan fingerprint density at radius 1 is 1.10 bits per heavy atom. The molecule has 0 fully saturated rings. The molecular weight excluding hydrogens is 460 g/mol. The summed E-state index contributed by atoms with van der Waals surface area (Å²) in [6.45, 7) is 3.92. The number of aryl methyl sites for hydroxylation is 2. The molecule has 0 spiro atoms. The maximum Gasteiger partial charge on any atom is 0.266 e. The highest BCUT2D eigenvalue weighted by atomic mass is 79.9. The van der Waals surface area contributed by atoms with Crippen molar-refractivity contribution in [2.24, 2.45) is 0 Å². The average molecular weight is 480 g/mol. The number of carbonyl (C=O) groups is 1. The monoisotopic (exact) mass is 478 g/mol. The largest absolute Gasteiger partial charge is 0.321 e. The predicted octanol–water partition coefficient (Wildman–Crippen LogP) is 6.86. The van der Waals surface area contributed by atoms with E-state index in [9.17, 15) is 10.1 Å². The summed E-state index contributed by atoms with van der Waals surface area (Å²) in [7, 11) is 0. The van der Waals surface area contributed by atoms with Crippen molar-refractivity contribution in [3.05, 3.63) is 104 Å². The normalized spacial score (nSPS) is 11.1. The third kappa shape index (κ3) is 5.38. The molecule has 0 aliphatic heterocycles. The SMILES string of the molecule is Cc1ccc(NC(=O)/C(C#N)=C/c2ccc(Cc3ccccc3Cl)c(Br)c2)c(C)c1. The highest BCUT2D eigenvalue weighted by Gasteiger charge is 2.12. The molecule has 0 saturated carbocycles. The van der Waals surface area contributed by atoms with Gasteiger partial charge in [0, 0.05) is 21.6 Å². The summed E-state index contributed by atoms with van der Waals surface area (Å²) in [4.78, 5) is 12.6. The smallest absolute Gasteiger partial charge is 0.266 e. The summed E-state index contributed by atoms with van der Waals surface area (Å²) in [5, 5.41) is 13.0. The lowest BCUT2D eigenvalue weighted by molar-refractivity contribution is -0.112. The fraction of sp³-hybridized carbons (Fsp3) is 0.120. The second-order valence-corrected chi connectivity index (χ2v) is 8.32. The fourth-order valence-corrected chi connectivity index (χ4v) is 3.84. The van der Waals surface area contributed by atoms with Crippen LogP contribution in [0.1, 0.15) is 27.8 Å². The van der Waals surface area contributed by atoms with Crippen molar-refractivity contribution in [3.8, 4) is 6.07 Å². The van der Waals surface area contributed by atoms with E-state index in [-0.39, 0.29) is 5.57 Å². The summed E-state index contributed by atoms with van der Waals surface area (Å²) in [6.07, 6.45) is 2.27. The predicted molar refractivity (Wildman–Crippen MR) is 127 cm³/mol.